The molecule has 1 atom stereocenters. The highest BCUT2D eigenvalue weighted by atomic mass is 19.4. The molecule has 2 aromatic heterocycles. The molecule has 1 aromatic carbocycles. The van der Waals surface area contributed by atoms with Crippen molar-refractivity contribution in [3.63, 3.8) is 0 Å². The van der Waals surface area contributed by atoms with Gasteiger partial charge in [0.05, 0.1) is 17.9 Å². The van der Waals surface area contributed by atoms with Crippen LogP contribution in [-0.4, -0.2) is 33.6 Å². The second-order valence-corrected chi connectivity index (χ2v) is 10.8. The van der Waals surface area contributed by atoms with Crippen LogP contribution >= 0.6 is 0 Å². The number of hydrogen-bond donors (Lipinski definition) is 0. The van der Waals surface area contributed by atoms with Crippen molar-refractivity contribution < 1.29 is 32.2 Å². The molecule has 0 fully saturated rings. The van der Waals surface area contributed by atoms with Crippen molar-refractivity contribution in [3.8, 4) is 0 Å². The average Bonchev–Trinajstić information content (AvgIpc) is 3.25. The van der Waals surface area contributed by atoms with E-state index in [4.69, 9.17) is 9.47 Å². The van der Waals surface area contributed by atoms with E-state index in [0.717, 1.165) is 15.5 Å². The lowest BCUT2D eigenvalue weighted by molar-refractivity contribution is -0.154. The molecule has 0 amide bonds. The number of aromatic nitrogens is 3. The van der Waals surface area contributed by atoms with Gasteiger partial charge in [-0.2, -0.15) is 13.2 Å². The first-order chi connectivity index (χ1) is 17.0. The van der Waals surface area contributed by atoms with E-state index in [9.17, 15) is 22.8 Å². The van der Waals surface area contributed by atoms with E-state index in [1.165, 1.54) is 13.3 Å². The van der Waals surface area contributed by atoms with Crippen molar-refractivity contribution >= 4 is 17.6 Å². The van der Waals surface area contributed by atoms with Gasteiger partial charge in [-0.25, -0.2) is 0 Å². The van der Waals surface area contributed by atoms with Gasteiger partial charge in [0, 0.05) is 12.1 Å². The highest BCUT2D eigenvalue weighted by Crippen LogP contribution is 2.44. The van der Waals surface area contributed by atoms with Crippen molar-refractivity contribution in [1.29, 1.82) is 0 Å². The summed E-state index contributed by atoms with van der Waals surface area (Å²) in [7, 11) is 1.29. The second kappa shape index (κ2) is 9.79. The third-order valence-electron chi connectivity index (χ3n) is 6.54. The van der Waals surface area contributed by atoms with Gasteiger partial charge < -0.3 is 9.47 Å². The zero-order valence-electron chi connectivity index (χ0n) is 22.3. The van der Waals surface area contributed by atoms with Crippen molar-refractivity contribution in [2.75, 3.05) is 7.11 Å². The summed E-state index contributed by atoms with van der Waals surface area (Å²) >= 11 is 0. The summed E-state index contributed by atoms with van der Waals surface area (Å²) in [6.07, 6.45) is -3.41. The van der Waals surface area contributed by atoms with Crippen LogP contribution in [-0.2, 0) is 31.8 Å². The van der Waals surface area contributed by atoms with Crippen LogP contribution in [0, 0.1) is 24.7 Å². The summed E-state index contributed by atoms with van der Waals surface area (Å²) in [5.74, 6) is -2.58. The largest absolute Gasteiger partial charge is 0.469 e. The minimum atomic E-state index is -4.67. The molecule has 0 radical (unpaired) electrons. The standard InChI is InChI=1S/C27H32F3N3O4/c1-15-9-10-17(13-18(15)14-37-23(34)25(3,4)5)20(26(6,7)24(35)36-8)19-11-12-33-21(16(19)2)31-32-22(33)27(28,29)30/h9-13,20H,14H2,1-8H3. The first kappa shape index (κ1) is 28.1. The minimum absolute atomic E-state index is 0.0400. The van der Waals surface area contributed by atoms with Gasteiger partial charge in [0.25, 0.3) is 0 Å². The molecule has 0 aliphatic heterocycles. The first-order valence-electron chi connectivity index (χ1n) is 11.8. The molecular formula is C27H32F3N3O4. The van der Waals surface area contributed by atoms with E-state index in [0.29, 0.717) is 16.7 Å². The van der Waals surface area contributed by atoms with Crippen LogP contribution in [0.2, 0.25) is 0 Å². The molecule has 0 aliphatic carbocycles. The minimum Gasteiger partial charge on any atom is -0.469 e. The summed E-state index contributed by atoms with van der Waals surface area (Å²) in [4.78, 5) is 25.3. The zero-order valence-corrected chi connectivity index (χ0v) is 22.3. The van der Waals surface area contributed by atoms with Crippen molar-refractivity contribution in [1.82, 2.24) is 14.6 Å². The van der Waals surface area contributed by atoms with Gasteiger partial charge in [0.15, 0.2) is 5.65 Å². The topological polar surface area (TPSA) is 82.8 Å². The van der Waals surface area contributed by atoms with Crippen molar-refractivity contribution in [2.45, 2.75) is 67.2 Å². The predicted molar refractivity (Wildman–Crippen MR) is 131 cm³/mol. The van der Waals surface area contributed by atoms with Crippen molar-refractivity contribution in [2.24, 2.45) is 10.8 Å². The number of carbonyl (C=O) groups excluding carboxylic acids is 2. The number of alkyl halides is 3. The zero-order chi connectivity index (χ0) is 27.9. The summed E-state index contributed by atoms with van der Waals surface area (Å²) < 4.78 is 51.8. The number of hydrogen-bond acceptors (Lipinski definition) is 6. The van der Waals surface area contributed by atoms with Gasteiger partial charge in [-0.1, -0.05) is 18.2 Å². The molecule has 0 spiro atoms. The van der Waals surface area contributed by atoms with Gasteiger partial charge in [-0.15, -0.1) is 10.2 Å². The Morgan fingerprint density at radius 2 is 1.65 bits per heavy atom. The number of pyridine rings is 1. The van der Waals surface area contributed by atoms with Crippen LogP contribution in [0.5, 0.6) is 0 Å². The number of methoxy groups -OCH3 is 1. The number of ether oxygens (including phenoxy) is 2. The lowest BCUT2D eigenvalue weighted by atomic mass is 9.70. The maximum absolute atomic E-state index is 13.4. The highest BCUT2D eigenvalue weighted by molar-refractivity contribution is 5.79. The van der Waals surface area contributed by atoms with E-state index in [2.05, 4.69) is 10.2 Å². The molecule has 37 heavy (non-hydrogen) atoms. The Hall–Kier alpha value is -3.43. The monoisotopic (exact) mass is 519 g/mol. The lowest BCUT2D eigenvalue weighted by Gasteiger charge is -2.34. The Morgan fingerprint density at radius 3 is 2.22 bits per heavy atom. The molecule has 200 valence electrons. The van der Waals surface area contributed by atoms with Crippen LogP contribution < -0.4 is 0 Å². The second-order valence-electron chi connectivity index (χ2n) is 10.8. The Morgan fingerprint density at radius 1 is 1.00 bits per heavy atom. The number of esters is 2. The number of halogens is 3. The van der Waals surface area contributed by atoms with Crippen LogP contribution in [0.1, 0.15) is 74.2 Å². The highest BCUT2D eigenvalue weighted by Gasteiger charge is 2.42. The number of fused-ring (bicyclic) bond motifs is 1. The lowest BCUT2D eigenvalue weighted by Crippen LogP contribution is -2.34. The molecule has 3 rings (SSSR count). The third kappa shape index (κ3) is 5.47. The quantitative estimate of drug-likeness (QED) is 0.384. The SMILES string of the molecule is COC(=O)C(C)(C)C(c1ccc(C)c(COC(=O)C(C)(C)C)c1)c1ccn2c(C(F)(F)F)nnc2c1C. The number of aryl methyl sites for hydroxylation is 2. The van der Waals surface area contributed by atoms with Crippen LogP contribution in [0.25, 0.3) is 5.65 Å². The van der Waals surface area contributed by atoms with Crippen LogP contribution in [0.3, 0.4) is 0 Å². The molecule has 7 nitrogen and oxygen atoms in total. The molecule has 0 saturated carbocycles. The first-order valence-corrected chi connectivity index (χ1v) is 11.8. The van der Waals surface area contributed by atoms with Crippen LogP contribution in [0.4, 0.5) is 13.2 Å². The fraction of sp³-hybridized carbons (Fsp3) is 0.481. The number of rotatable bonds is 6. The average molecular weight is 520 g/mol. The van der Waals surface area contributed by atoms with Gasteiger partial charge in [0.1, 0.15) is 6.61 Å². The fourth-order valence-electron chi connectivity index (χ4n) is 4.36. The number of benzene rings is 1. The fourth-order valence-corrected chi connectivity index (χ4v) is 4.36. The molecule has 0 bridgehead atoms. The Bertz CT molecular complexity index is 1340. The molecule has 10 heteroatoms. The molecule has 0 aliphatic rings. The van der Waals surface area contributed by atoms with Crippen LogP contribution in [0.15, 0.2) is 30.5 Å². The Balaban J connectivity index is 2.18. The summed E-state index contributed by atoms with van der Waals surface area (Å²) in [6, 6.07) is 7.13. The van der Waals surface area contributed by atoms with E-state index >= 15 is 0 Å². The summed E-state index contributed by atoms with van der Waals surface area (Å²) in [5, 5.41) is 7.14. The molecule has 0 saturated heterocycles. The van der Waals surface area contributed by atoms with E-state index in [-0.39, 0.29) is 18.2 Å². The number of nitrogens with zero attached hydrogens (tertiary/aromatic N) is 3. The summed E-state index contributed by atoms with van der Waals surface area (Å²) in [5.41, 5.74) is 1.67. The Kier molecular flexibility index (Phi) is 7.45. The van der Waals surface area contributed by atoms with Gasteiger partial charge >= 0.3 is 18.1 Å². The molecular weight excluding hydrogens is 487 g/mol. The molecule has 3 aromatic rings. The van der Waals surface area contributed by atoms with E-state index in [1.54, 1.807) is 47.6 Å². The maximum atomic E-state index is 13.4. The molecule has 0 N–H and O–H groups in total. The van der Waals surface area contributed by atoms with E-state index < -0.39 is 34.7 Å². The normalized spacial score (nSPS) is 13.5. The van der Waals surface area contributed by atoms with E-state index in [1.807, 2.05) is 25.1 Å². The maximum Gasteiger partial charge on any atom is 0.452 e. The predicted octanol–water partition coefficient (Wildman–Crippen LogP) is 5.79. The Labute approximate surface area is 214 Å². The van der Waals surface area contributed by atoms with Crippen molar-refractivity contribution in [3.05, 3.63) is 64.1 Å². The third-order valence-corrected chi connectivity index (χ3v) is 6.54. The van der Waals surface area contributed by atoms with Gasteiger partial charge in [-0.05, 0) is 82.3 Å². The van der Waals surface area contributed by atoms with Gasteiger partial charge in [0.2, 0.25) is 5.82 Å². The number of carbonyl (C=O) groups is 2. The molecule has 1 unspecified atom stereocenters. The smallest absolute Gasteiger partial charge is 0.452 e. The summed E-state index contributed by atoms with van der Waals surface area (Å²) in [6.45, 7) is 12.3. The molecule has 2 heterocycles. The van der Waals surface area contributed by atoms with Gasteiger partial charge in [-0.3, -0.25) is 14.0 Å².